The number of carbonyl (C=O) groups is 1. The van der Waals surface area contributed by atoms with E-state index >= 15 is 0 Å². The molecule has 24 heavy (non-hydrogen) atoms. The monoisotopic (exact) mass is 345 g/mol. The van der Waals surface area contributed by atoms with E-state index in [0.29, 0.717) is 24.2 Å². The minimum absolute atomic E-state index is 0.0761. The van der Waals surface area contributed by atoms with Gasteiger partial charge < -0.3 is 10.7 Å². The van der Waals surface area contributed by atoms with Crippen LogP contribution in [0.3, 0.4) is 0 Å². The zero-order valence-electron chi connectivity index (χ0n) is 14.1. The van der Waals surface area contributed by atoms with Gasteiger partial charge in [0.05, 0.1) is 0 Å². The van der Waals surface area contributed by atoms with Gasteiger partial charge in [0.15, 0.2) is 5.82 Å². The Labute approximate surface area is 146 Å². The fourth-order valence-electron chi connectivity index (χ4n) is 2.68. The molecule has 1 atom stereocenters. The molecule has 1 aliphatic carbocycles. The Kier molecular flexibility index (Phi) is 5.08. The molecule has 1 aromatic heterocycles. The Bertz CT molecular complexity index is 694. The van der Waals surface area contributed by atoms with Crippen molar-refractivity contribution in [3.63, 3.8) is 0 Å². The molecule has 0 radical (unpaired) electrons. The summed E-state index contributed by atoms with van der Waals surface area (Å²) in [6.07, 6.45) is 2.22. The van der Waals surface area contributed by atoms with Gasteiger partial charge in [0, 0.05) is 19.0 Å². The summed E-state index contributed by atoms with van der Waals surface area (Å²) in [5.41, 5.74) is 0.954. The first kappa shape index (κ1) is 16.8. The number of amides is 1. The minimum atomic E-state index is -0.371. The maximum atomic E-state index is 13.0. The summed E-state index contributed by atoms with van der Waals surface area (Å²) in [5.74, 6) is 7.47. The third-order valence-electron chi connectivity index (χ3n) is 4.26. The lowest BCUT2D eigenvalue weighted by molar-refractivity contribution is -0.130. The molecule has 0 bridgehead atoms. The van der Waals surface area contributed by atoms with E-state index in [1.165, 1.54) is 11.8 Å². The average molecular weight is 345 g/mol. The third kappa shape index (κ3) is 3.40. The normalized spacial score (nSPS) is 15.2. The van der Waals surface area contributed by atoms with E-state index < -0.39 is 0 Å². The number of benzene rings is 1. The molecule has 1 amide bonds. The van der Waals surface area contributed by atoms with Gasteiger partial charge >= 0.3 is 0 Å². The maximum Gasteiger partial charge on any atom is 0.240 e. The van der Waals surface area contributed by atoms with Crippen molar-refractivity contribution in [1.82, 2.24) is 19.8 Å². The average Bonchev–Trinajstić information content (AvgIpc) is 3.38. The molecular weight excluding hydrogens is 322 g/mol. The van der Waals surface area contributed by atoms with Crippen LogP contribution in [0.4, 0.5) is 0 Å². The second-order valence-corrected chi connectivity index (χ2v) is 6.98. The van der Waals surface area contributed by atoms with Crippen LogP contribution in [0.25, 0.3) is 0 Å². The number of hydrogen-bond donors (Lipinski definition) is 1. The van der Waals surface area contributed by atoms with Crippen molar-refractivity contribution in [2.75, 3.05) is 18.9 Å². The first-order chi connectivity index (χ1) is 11.7. The van der Waals surface area contributed by atoms with Gasteiger partial charge in [-0.25, -0.2) is 4.68 Å². The van der Waals surface area contributed by atoms with Crippen LogP contribution in [0, 0.1) is 0 Å². The molecular formula is C17H23N5OS. The van der Waals surface area contributed by atoms with Crippen LogP contribution in [0.15, 0.2) is 35.5 Å². The van der Waals surface area contributed by atoms with Gasteiger partial charge in [0.2, 0.25) is 11.1 Å². The van der Waals surface area contributed by atoms with Gasteiger partial charge in [0.25, 0.3) is 0 Å². The molecule has 1 fully saturated rings. The summed E-state index contributed by atoms with van der Waals surface area (Å²) < 4.78 is 1.55. The van der Waals surface area contributed by atoms with Gasteiger partial charge in [-0.15, -0.1) is 10.2 Å². The Hall–Kier alpha value is -2.02. The Morgan fingerprint density at radius 2 is 1.96 bits per heavy atom. The zero-order valence-corrected chi connectivity index (χ0v) is 14.9. The van der Waals surface area contributed by atoms with Crippen molar-refractivity contribution < 1.29 is 4.79 Å². The molecule has 3 rings (SSSR count). The fraction of sp³-hybridized carbons (Fsp3) is 0.471. The van der Waals surface area contributed by atoms with Crippen molar-refractivity contribution in [3.05, 3.63) is 41.7 Å². The molecule has 128 valence electrons. The highest BCUT2D eigenvalue weighted by Gasteiger charge is 2.32. The molecule has 7 heteroatoms. The van der Waals surface area contributed by atoms with Crippen molar-refractivity contribution in [2.24, 2.45) is 0 Å². The standard InChI is InChI=1S/C17H23N5OS/c1-3-21(4-2)16(23)14(12-8-6-5-7-9-12)24-17-20-19-15(22(17)18)13-10-11-13/h5-9,13-14H,3-4,10-11,18H2,1-2H3/t14-/m1/s1. The molecule has 2 aromatic rings. The number of nitrogen functional groups attached to an aromatic ring is 1. The van der Waals surface area contributed by atoms with Crippen LogP contribution in [0.1, 0.15) is 49.2 Å². The topological polar surface area (TPSA) is 77.0 Å². The highest BCUT2D eigenvalue weighted by Crippen LogP contribution is 2.41. The van der Waals surface area contributed by atoms with Crippen molar-refractivity contribution in [3.8, 4) is 0 Å². The van der Waals surface area contributed by atoms with Gasteiger partial charge in [-0.2, -0.15) is 0 Å². The maximum absolute atomic E-state index is 13.0. The number of rotatable bonds is 7. The summed E-state index contributed by atoms with van der Waals surface area (Å²) in [5, 5.41) is 8.65. The molecule has 0 unspecified atom stereocenters. The minimum Gasteiger partial charge on any atom is -0.342 e. The van der Waals surface area contributed by atoms with Crippen molar-refractivity contribution in [1.29, 1.82) is 0 Å². The van der Waals surface area contributed by atoms with Crippen LogP contribution in [0.5, 0.6) is 0 Å². The number of nitrogens with two attached hydrogens (primary N) is 1. The van der Waals surface area contributed by atoms with Crippen molar-refractivity contribution in [2.45, 2.75) is 43.0 Å². The molecule has 1 aromatic carbocycles. The summed E-state index contributed by atoms with van der Waals surface area (Å²) in [6, 6.07) is 9.78. The Balaban J connectivity index is 1.88. The molecule has 0 spiro atoms. The number of nitrogens with zero attached hydrogens (tertiary/aromatic N) is 4. The summed E-state index contributed by atoms with van der Waals surface area (Å²) in [6.45, 7) is 5.35. The molecule has 6 nitrogen and oxygen atoms in total. The second kappa shape index (κ2) is 7.25. The highest BCUT2D eigenvalue weighted by molar-refractivity contribution is 8.00. The van der Waals surface area contributed by atoms with Crippen LogP contribution < -0.4 is 5.84 Å². The van der Waals surface area contributed by atoms with E-state index in [1.54, 1.807) is 4.68 Å². The zero-order chi connectivity index (χ0) is 17.1. The predicted molar refractivity (Wildman–Crippen MR) is 95.1 cm³/mol. The second-order valence-electron chi connectivity index (χ2n) is 5.90. The van der Waals surface area contributed by atoms with Crippen LogP contribution in [0.2, 0.25) is 0 Å². The van der Waals surface area contributed by atoms with E-state index in [9.17, 15) is 4.79 Å². The lowest BCUT2D eigenvalue weighted by Gasteiger charge is -2.24. The van der Waals surface area contributed by atoms with E-state index in [1.807, 2.05) is 49.1 Å². The Morgan fingerprint density at radius 1 is 1.29 bits per heavy atom. The van der Waals surface area contributed by atoms with Crippen LogP contribution in [-0.4, -0.2) is 38.8 Å². The summed E-state index contributed by atoms with van der Waals surface area (Å²) in [4.78, 5) is 14.8. The van der Waals surface area contributed by atoms with Crippen LogP contribution >= 0.6 is 11.8 Å². The van der Waals surface area contributed by atoms with Crippen LogP contribution in [-0.2, 0) is 4.79 Å². The molecule has 2 N–H and O–H groups in total. The van der Waals surface area contributed by atoms with E-state index in [-0.39, 0.29) is 11.2 Å². The molecule has 0 saturated heterocycles. The fourth-order valence-corrected chi connectivity index (χ4v) is 3.73. The first-order valence-corrected chi connectivity index (χ1v) is 9.24. The largest absolute Gasteiger partial charge is 0.342 e. The van der Waals surface area contributed by atoms with Gasteiger partial charge in [-0.05, 0) is 32.3 Å². The quantitative estimate of drug-likeness (QED) is 0.616. The van der Waals surface area contributed by atoms with Gasteiger partial charge in [-0.1, -0.05) is 42.1 Å². The SMILES string of the molecule is CCN(CC)C(=O)[C@H](Sc1nnc(C2CC2)n1N)c1ccccc1. The number of thioether (sulfide) groups is 1. The summed E-state index contributed by atoms with van der Waals surface area (Å²) in [7, 11) is 0. The van der Waals surface area contributed by atoms with Gasteiger partial charge in [0.1, 0.15) is 5.25 Å². The first-order valence-electron chi connectivity index (χ1n) is 8.36. The highest BCUT2D eigenvalue weighted by atomic mass is 32.2. The number of likely N-dealkylation sites (N-methyl/N-ethyl adjacent to an activating group) is 1. The van der Waals surface area contributed by atoms with Gasteiger partial charge in [-0.3, -0.25) is 4.79 Å². The number of carbonyl (C=O) groups excluding carboxylic acids is 1. The molecule has 0 aliphatic heterocycles. The third-order valence-corrected chi connectivity index (χ3v) is 5.46. The Morgan fingerprint density at radius 3 is 2.54 bits per heavy atom. The smallest absolute Gasteiger partial charge is 0.240 e. The predicted octanol–water partition coefficient (Wildman–Crippen LogP) is 2.57. The van der Waals surface area contributed by atoms with E-state index in [0.717, 1.165) is 24.2 Å². The molecule has 1 aliphatic rings. The van der Waals surface area contributed by atoms with E-state index in [4.69, 9.17) is 5.84 Å². The number of aromatic nitrogens is 3. The molecule has 1 saturated carbocycles. The van der Waals surface area contributed by atoms with E-state index in [2.05, 4.69) is 10.2 Å². The molecule has 1 heterocycles. The summed E-state index contributed by atoms with van der Waals surface area (Å²) >= 11 is 1.37. The lowest BCUT2D eigenvalue weighted by Crippen LogP contribution is -2.34. The lowest BCUT2D eigenvalue weighted by atomic mass is 10.1. The van der Waals surface area contributed by atoms with Crippen molar-refractivity contribution >= 4 is 17.7 Å². The number of hydrogen-bond acceptors (Lipinski definition) is 5.